The Labute approximate surface area is 160 Å². The molecule has 3 aliphatic rings. The van der Waals surface area contributed by atoms with Gasteiger partial charge in [0.2, 0.25) is 0 Å². The van der Waals surface area contributed by atoms with Gasteiger partial charge in [-0.3, -0.25) is 9.69 Å². The standard InChI is InChI=1S/C21H27N3O3/c1-3-27-12-18(25)22-17-9-15-8-16-19(17)20(23-26)21(16)24(11-15)10-14-6-4-5-13(2)7-14/h4-7,15-16,19-21H,3,8-12H2,1-2H3/t15-,16?,19?,20-,21?/m0/s1. The smallest absolute Gasteiger partial charge is 0.271 e. The number of hydrogen-bond donors (Lipinski definition) is 0. The van der Waals surface area contributed by atoms with Crippen molar-refractivity contribution >= 4 is 11.6 Å². The van der Waals surface area contributed by atoms with Gasteiger partial charge in [0.1, 0.15) is 12.6 Å². The molecule has 3 fully saturated rings. The number of piperidine rings is 1. The third-order valence-electron chi connectivity index (χ3n) is 6.31. The van der Waals surface area contributed by atoms with Crippen molar-refractivity contribution in [1.29, 1.82) is 0 Å². The van der Waals surface area contributed by atoms with Crippen LogP contribution in [0.5, 0.6) is 0 Å². The molecule has 4 rings (SSSR count). The first-order valence-corrected chi connectivity index (χ1v) is 9.90. The lowest BCUT2D eigenvalue weighted by Crippen LogP contribution is -2.70. The molecule has 1 heterocycles. The number of ether oxygens (including phenoxy) is 1. The lowest BCUT2D eigenvalue weighted by Gasteiger charge is -2.61. The number of aliphatic imine (C=N–C) groups is 1. The van der Waals surface area contributed by atoms with Crippen molar-refractivity contribution in [3.63, 3.8) is 0 Å². The van der Waals surface area contributed by atoms with Crippen molar-refractivity contribution < 1.29 is 9.53 Å². The zero-order valence-electron chi connectivity index (χ0n) is 16.0. The Morgan fingerprint density at radius 1 is 1.37 bits per heavy atom. The number of aryl methyl sites for hydroxylation is 1. The van der Waals surface area contributed by atoms with Gasteiger partial charge >= 0.3 is 0 Å². The van der Waals surface area contributed by atoms with Crippen molar-refractivity contribution in [3.8, 4) is 0 Å². The molecule has 2 aliphatic carbocycles. The molecule has 1 aromatic carbocycles. The fourth-order valence-corrected chi connectivity index (χ4v) is 5.34. The van der Waals surface area contributed by atoms with Crippen LogP contribution in [0.4, 0.5) is 0 Å². The van der Waals surface area contributed by atoms with Gasteiger partial charge in [0, 0.05) is 37.4 Å². The zero-order valence-corrected chi connectivity index (χ0v) is 16.0. The Hall–Kier alpha value is -1.92. The Balaban J connectivity index is 1.52. The molecule has 0 radical (unpaired) electrons. The first-order chi connectivity index (χ1) is 13.1. The number of carbonyl (C=O) groups excluding carboxylic acids is 1. The lowest BCUT2D eigenvalue weighted by molar-refractivity contribution is -0.122. The van der Waals surface area contributed by atoms with E-state index < -0.39 is 0 Å². The predicted molar refractivity (Wildman–Crippen MR) is 104 cm³/mol. The van der Waals surface area contributed by atoms with Crippen molar-refractivity contribution in [3.05, 3.63) is 40.3 Å². The minimum absolute atomic E-state index is 0.0180. The third-order valence-corrected chi connectivity index (χ3v) is 6.31. The fourth-order valence-electron chi connectivity index (χ4n) is 5.34. The number of nitrogens with zero attached hydrogens (tertiary/aromatic N) is 3. The number of hydrogen-bond acceptors (Lipinski definition) is 5. The van der Waals surface area contributed by atoms with E-state index in [1.165, 1.54) is 11.1 Å². The number of benzene rings is 1. The van der Waals surface area contributed by atoms with Crippen LogP contribution in [0.1, 0.15) is 30.9 Å². The van der Waals surface area contributed by atoms with Gasteiger partial charge in [0.15, 0.2) is 0 Å². The largest absolute Gasteiger partial charge is 0.372 e. The number of carbonyl (C=O) groups is 1. The van der Waals surface area contributed by atoms with Crippen molar-refractivity contribution in [1.82, 2.24) is 4.90 Å². The van der Waals surface area contributed by atoms with Crippen LogP contribution >= 0.6 is 0 Å². The molecule has 2 saturated carbocycles. The molecule has 6 nitrogen and oxygen atoms in total. The van der Waals surface area contributed by atoms with Crippen LogP contribution in [0.25, 0.3) is 0 Å². The highest BCUT2D eigenvalue weighted by atomic mass is 16.5. The van der Waals surface area contributed by atoms with Crippen LogP contribution in [0.3, 0.4) is 0 Å². The van der Waals surface area contributed by atoms with Crippen LogP contribution in [-0.4, -0.2) is 48.4 Å². The second-order valence-electron chi connectivity index (χ2n) is 8.13. The Bertz CT molecular complexity index is 763. The first-order valence-electron chi connectivity index (χ1n) is 9.90. The van der Waals surface area contributed by atoms with E-state index in [2.05, 4.69) is 46.3 Å². The minimum Gasteiger partial charge on any atom is -0.372 e. The van der Waals surface area contributed by atoms with Crippen LogP contribution in [0, 0.1) is 29.6 Å². The monoisotopic (exact) mass is 369 g/mol. The highest BCUT2D eigenvalue weighted by Crippen LogP contribution is 2.53. The van der Waals surface area contributed by atoms with E-state index in [4.69, 9.17) is 4.74 Å². The Morgan fingerprint density at radius 3 is 2.96 bits per heavy atom. The molecule has 27 heavy (non-hydrogen) atoms. The number of amides is 1. The molecule has 0 aromatic heterocycles. The van der Waals surface area contributed by atoms with E-state index in [0.717, 1.165) is 31.6 Å². The fraction of sp³-hybridized carbons (Fsp3) is 0.619. The molecule has 1 aliphatic heterocycles. The number of nitroso groups, excluding NO2 is 1. The summed E-state index contributed by atoms with van der Waals surface area (Å²) < 4.78 is 5.18. The SMILES string of the molecule is CCOCC(=O)N=C1C[C@@H]2CC3C1[C@H](N=O)C3N(Cc1cccc(C)c1)C2. The maximum absolute atomic E-state index is 12.1. The minimum atomic E-state index is -0.292. The summed E-state index contributed by atoms with van der Waals surface area (Å²) >= 11 is 0. The topological polar surface area (TPSA) is 71.3 Å². The normalized spacial score (nSPS) is 33.6. The molecule has 5 atom stereocenters. The van der Waals surface area contributed by atoms with Crippen LogP contribution < -0.4 is 0 Å². The molecule has 1 saturated heterocycles. The first kappa shape index (κ1) is 18.4. The summed E-state index contributed by atoms with van der Waals surface area (Å²) in [6.07, 6.45) is 1.91. The molecule has 144 valence electrons. The van der Waals surface area contributed by atoms with E-state index in [1.54, 1.807) is 0 Å². The van der Waals surface area contributed by atoms with Crippen molar-refractivity contribution in [2.75, 3.05) is 19.8 Å². The summed E-state index contributed by atoms with van der Waals surface area (Å²) in [4.78, 5) is 30.5. The maximum Gasteiger partial charge on any atom is 0.271 e. The van der Waals surface area contributed by atoms with Crippen molar-refractivity contribution in [2.24, 2.45) is 27.9 Å². The maximum atomic E-state index is 12.1. The second kappa shape index (κ2) is 7.60. The zero-order chi connectivity index (χ0) is 19.0. The van der Waals surface area contributed by atoms with Gasteiger partial charge in [-0.15, -0.1) is 0 Å². The van der Waals surface area contributed by atoms with Gasteiger partial charge in [-0.05, 0) is 44.1 Å². The molecular formula is C21H27N3O3. The average molecular weight is 369 g/mol. The van der Waals surface area contributed by atoms with Gasteiger partial charge in [-0.2, -0.15) is 4.91 Å². The van der Waals surface area contributed by atoms with Crippen molar-refractivity contribution in [2.45, 2.75) is 45.3 Å². The second-order valence-corrected chi connectivity index (χ2v) is 8.13. The van der Waals surface area contributed by atoms with Crippen LogP contribution in [0.15, 0.2) is 34.4 Å². The van der Waals surface area contributed by atoms with Gasteiger partial charge in [-0.25, -0.2) is 4.99 Å². The molecule has 0 spiro atoms. The predicted octanol–water partition coefficient (Wildman–Crippen LogP) is 2.97. The quantitative estimate of drug-likeness (QED) is 0.723. The average Bonchev–Trinajstić information content (AvgIpc) is 2.60. The molecule has 1 amide bonds. The van der Waals surface area contributed by atoms with Gasteiger partial charge in [-0.1, -0.05) is 35.0 Å². The van der Waals surface area contributed by atoms with E-state index in [1.807, 2.05) is 6.92 Å². The molecule has 1 aromatic rings. The highest BCUT2D eigenvalue weighted by Gasteiger charge is 2.61. The van der Waals surface area contributed by atoms with Gasteiger partial charge in [0.25, 0.3) is 5.91 Å². The lowest BCUT2D eigenvalue weighted by atomic mass is 9.53. The van der Waals surface area contributed by atoms with E-state index in [-0.39, 0.29) is 30.5 Å². The van der Waals surface area contributed by atoms with Gasteiger partial charge in [0.05, 0.1) is 0 Å². The molecule has 3 unspecified atom stereocenters. The molecule has 6 heteroatoms. The number of fused-ring (bicyclic) bond motifs is 1. The molecule has 2 bridgehead atoms. The highest BCUT2D eigenvalue weighted by molar-refractivity contribution is 5.99. The summed E-state index contributed by atoms with van der Waals surface area (Å²) in [5.74, 6) is 0.688. The van der Waals surface area contributed by atoms with Crippen LogP contribution in [-0.2, 0) is 16.1 Å². The summed E-state index contributed by atoms with van der Waals surface area (Å²) in [5, 5.41) is 3.47. The van der Waals surface area contributed by atoms with Crippen LogP contribution in [0.2, 0.25) is 0 Å². The summed E-state index contributed by atoms with van der Waals surface area (Å²) in [7, 11) is 0. The Kier molecular flexibility index (Phi) is 5.19. The molecule has 0 N–H and O–H groups in total. The third kappa shape index (κ3) is 3.48. The summed E-state index contributed by atoms with van der Waals surface area (Å²) in [6.45, 7) is 6.27. The van der Waals surface area contributed by atoms with Gasteiger partial charge < -0.3 is 4.74 Å². The van der Waals surface area contributed by atoms with E-state index in [0.29, 0.717) is 18.4 Å². The number of likely N-dealkylation sites (tertiary alicyclic amines) is 1. The summed E-state index contributed by atoms with van der Waals surface area (Å²) in [6, 6.07) is 8.44. The Morgan fingerprint density at radius 2 is 2.22 bits per heavy atom. The number of rotatable bonds is 6. The van der Waals surface area contributed by atoms with E-state index in [9.17, 15) is 9.70 Å². The van der Waals surface area contributed by atoms with E-state index >= 15 is 0 Å². The molecular weight excluding hydrogens is 342 g/mol. The summed E-state index contributed by atoms with van der Waals surface area (Å²) in [5.41, 5.74) is 3.42.